The minimum absolute atomic E-state index is 0.00289. The second kappa shape index (κ2) is 3.55. The van der Waals surface area contributed by atoms with Crippen LogP contribution in [-0.4, -0.2) is 16.7 Å². The van der Waals surface area contributed by atoms with E-state index in [9.17, 15) is 8.78 Å². The van der Waals surface area contributed by atoms with E-state index < -0.39 is 12.5 Å². The van der Waals surface area contributed by atoms with Crippen LogP contribution in [0, 0.1) is 6.92 Å². The van der Waals surface area contributed by atoms with Gasteiger partial charge in [0.25, 0.3) is 5.92 Å². The molecule has 1 N–H and O–H groups in total. The Labute approximate surface area is 79.2 Å². The number of aliphatic hydroxyl groups is 1. The van der Waals surface area contributed by atoms with Gasteiger partial charge in [-0.15, -0.1) is 0 Å². The van der Waals surface area contributed by atoms with Gasteiger partial charge >= 0.3 is 0 Å². The van der Waals surface area contributed by atoms with E-state index >= 15 is 0 Å². The summed E-state index contributed by atoms with van der Waals surface area (Å²) in [5.41, 5.74) is 0.0862. The molecule has 1 aromatic rings. The van der Waals surface area contributed by atoms with Crippen LogP contribution in [0.25, 0.3) is 0 Å². The summed E-state index contributed by atoms with van der Waals surface area (Å²) < 4.78 is 25.8. The Morgan fingerprint density at radius 2 is 2.15 bits per heavy atom. The molecule has 0 atom stereocenters. The monoisotopic (exact) mass is 207 g/mol. The Bertz CT molecular complexity index is 297. The number of halogens is 3. The van der Waals surface area contributed by atoms with Gasteiger partial charge in [0, 0.05) is 11.3 Å². The van der Waals surface area contributed by atoms with Gasteiger partial charge in [-0.25, -0.2) is 4.98 Å². The maximum Gasteiger partial charge on any atom is 0.295 e. The van der Waals surface area contributed by atoms with E-state index in [-0.39, 0.29) is 10.7 Å². The molecular formula is C8H8ClF2NO. The molecule has 0 radical (unpaired) electrons. The highest BCUT2D eigenvalue weighted by molar-refractivity contribution is 6.29. The third kappa shape index (κ3) is 2.35. The van der Waals surface area contributed by atoms with Crippen molar-refractivity contribution in [3.8, 4) is 0 Å². The van der Waals surface area contributed by atoms with E-state index in [0.717, 1.165) is 6.07 Å². The van der Waals surface area contributed by atoms with E-state index in [1.807, 2.05) is 0 Å². The molecule has 0 aliphatic rings. The van der Waals surface area contributed by atoms with E-state index in [2.05, 4.69) is 4.98 Å². The van der Waals surface area contributed by atoms with Crippen molar-refractivity contribution in [2.24, 2.45) is 0 Å². The number of pyridine rings is 1. The van der Waals surface area contributed by atoms with Crippen LogP contribution in [0.15, 0.2) is 12.1 Å². The fourth-order valence-electron chi connectivity index (χ4n) is 0.931. The highest BCUT2D eigenvalue weighted by Gasteiger charge is 2.31. The zero-order valence-electron chi connectivity index (χ0n) is 6.89. The van der Waals surface area contributed by atoms with Gasteiger partial charge in [0.1, 0.15) is 11.8 Å². The van der Waals surface area contributed by atoms with Gasteiger partial charge in [0.15, 0.2) is 0 Å². The largest absolute Gasteiger partial charge is 0.390 e. The minimum Gasteiger partial charge on any atom is -0.390 e. The van der Waals surface area contributed by atoms with Gasteiger partial charge in [0.05, 0.1) is 0 Å². The Morgan fingerprint density at radius 1 is 1.54 bits per heavy atom. The molecule has 0 aliphatic carbocycles. The fourth-order valence-corrected chi connectivity index (χ4v) is 1.18. The molecule has 0 fully saturated rings. The molecule has 13 heavy (non-hydrogen) atoms. The Morgan fingerprint density at radius 3 is 2.62 bits per heavy atom. The van der Waals surface area contributed by atoms with Crippen LogP contribution < -0.4 is 0 Å². The maximum atomic E-state index is 12.9. The van der Waals surface area contributed by atoms with Crippen molar-refractivity contribution < 1.29 is 13.9 Å². The third-order valence-corrected chi connectivity index (χ3v) is 1.74. The molecule has 1 heterocycles. The maximum absolute atomic E-state index is 12.9. The number of hydrogen-bond acceptors (Lipinski definition) is 2. The van der Waals surface area contributed by atoms with Gasteiger partial charge in [-0.2, -0.15) is 8.78 Å². The van der Waals surface area contributed by atoms with Crippen LogP contribution >= 0.6 is 11.6 Å². The van der Waals surface area contributed by atoms with Gasteiger partial charge in [0.2, 0.25) is 0 Å². The molecule has 0 saturated heterocycles. The average Bonchev–Trinajstić information content (AvgIpc) is 2.02. The first-order valence-electron chi connectivity index (χ1n) is 3.59. The molecule has 0 saturated carbocycles. The number of nitrogens with zero attached hydrogens (tertiary/aromatic N) is 1. The summed E-state index contributed by atoms with van der Waals surface area (Å²) in [7, 11) is 0. The van der Waals surface area contributed by atoms with Gasteiger partial charge < -0.3 is 5.11 Å². The second-order valence-corrected chi connectivity index (χ2v) is 3.07. The van der Waals surface area contributed by atoms with Crippen molar-refractivity contribution in [3.05, 3.63) is 28.5 Å². The first kappa shape index (κ1) is 10.3. The van der Waals surface area contributed by atoms with Crippen molar-refractivity contribution in [3.63, 3.8) is 0 Å². The number of alkyl halides is 2. The number of aliphatic hydroxyl groups excluding tert-OH is 1. The lowest BCUT2D eigenvalue weighted by atomic mass is 10.1. The molecule has 1 aromatic heterocycles. The summed E-state index contributed by atoms with van der Waals surface area (Å²) in [6.07, 6.45) is 0. The summed E-state index contributed by atoms with van der Waals surface area (Å²) in [5, 5.41) is 8.42. The van der Waals surface area contributed by atoms with Gasteiger partial charge in [-0.05, 0) is 19.1 Å². The summed E-state index contributed by atoms with van der Waals surface area (Å²) in [4.78, 5) is 3.73. The summed E-state index contributed by atoms with van der Waals surface area (Å²) in [6.45, 7) is 0.329. The van der Waals surface area contributed by atoms with E-state index in [1.54, 1.807) is 6.92 Å². The van der Waals surface area contributed by atoms with Crippen molar-refractivity contribution in [2.75, 3.05) is 6.61 Å². The molecule has 0 unspecified atom stereocenters. The summed E-state index contributed by atoms with van der Waals surface area (Å²) >= 11 is 5.49. The van der Waals surface area contributed by atoms with Crippen LogP contribution in [-0.2, 0) is 5.92 Å². The van der Waals surface area contributed by atoms with Gasteiger partial charge in [-0.1, -0.05) is 11.6 Å². The summed E-state index contributed by atoms with van der Waals surface area (Å²) in [5.74, 6) is -3.25. The highest BCUT2D eigenvalue weighted by Crippen LogP contribution is 2.28. The van der Waals surface area contributed by atoms with Crippen LogP contribution in [0.1, 0.15) is 11.3 Å². The predicted molar refractivity (Wildman–Crippen MR) is 45.0 cm³/mol. The summed E-state index contributed by atoms with van der Waals surface area (Å²) in [6, 6.07) is 2.24. The van der Waals surface area contributed by atoms with Crippen LogP contribution in [0.3, 0.4) is 0 Å². The lowest BCUT2D eigenvalue weighted by Crippen LogP contribution is -2.18. The average molecular weight is 208 g/mol. The van der Waals surface area contributed by atoms with E-state index in [1.165, 1.54) is 6.07 Å². The van der Waals surface area contributed by atoms with Crippen molar-refractivity contribution in [2.45, 2.75) is 12.8 Å². The molecule has 0 bridgehead atoms. The molecule has 0 spiro atoms. The number of hydrogen-bond donors (Lipinski definition) is 1. The highest BCUT2D eigenvalue weighted by atomic mass is 35.5. The number of rotatable bonds is 2. The molecule has 1 rings (SSSR count). The molecule has 5 heteroatoms. The first-order chi connectivity index (χ1) is 5.95. The van der Waals surface area contributed by atoms with Crippen LogP contribution in [0.2, 0.25) is 5.15 Å². The minimum atomic E-state index is -3.25. The van der Waals surface area contributed by atoms with Crippen molar-refractivity contribution >= 4 is 11.6 Å². The first-order valence-corrected chi connectivity index (χ1v) is 3.97. The zero-order valence-corrected chi connectivity index (χ0v) is 7.65. The SMILES string of the molecule is Cc1cc(C(F)(F)CO)cc(Cl)n1. The normalized spacial score (nSPS) is 11.8. The molecular weight excluding hydrogens is 200 g/mol. The Kier molecular flexibility index (Phi) is 2.83. The van der Waals surface area contributed by atoms with Crippen molar-refractivity contribution in [1.29, 1.82) is 0 Å². The second-order valence-electron chi connectivity index (χ2n) is 2.68. The van der Waals surface area contributed by atoms with E-state index in [4.69, 9.17) is 16.7 Å². The number of aryl methyl sites for hydroxylation is 1. The molecule has 0 aromatic carbocycles. The number of aromatic nitrogens is 1. The Hall–Kier alpha value is -0.740. The van der Waals surface area contributed by atoms with Crippen LogP contribution in [0.5, 0.6) is 0 Å². The van der Waals surface area contributed by atoms with Crippen LogP contribution in [0.4, 0.5) is 8.78 Å². The molecule has 0 aliphatic heterocycles. The van der Waals surface area contributed by atoms with E-state index in [0.29, 0.717) is 5.69 Å². The fraction of sp³-hybridized carbons (Fsp3) is 0.375. The topological polar surface area (TPSA) is 33.1 Å². The molecule has 72 valence electrons. The van der Waals surface area contributed by atoms with Gasteiger partial charge in [-0.3, -0.25) is 0 Å². The smallest absolute Gasteiger partial charge is 0.295 e. The standard InChI is InChI=1S/C8H8ClF2NO/c1-5-2-6(3-7(9)12-5)8(10,11)4-13/h2-3,13H,4H2,1H3. The molecule has 0 amide bonds. The van der Waals surface area contributed by atoms with Crippen molar-refractivity contribution in [1.82, 2.24) is 4.98 Å². The Balaban J connectivity index is 3.15. The lowest BCUT2D eigenvalue weighted by molar-refractivity contribution is -0.0557. The molecule has 2 nitrogen and oxygen atoms in total. The lowest BCUT2D eigenvalue weighted by Gasteiger charge is -2.13. The third-order valence-electron chi connectivity index (χ3n) is 1.54. The predicted octanol–water partition coefficient (Wildman–Crippen LogP) is 2.13. The quantitative estimate of drug-likeness (QED) is 0.754. The zero-order chi connectivity index (χ0) is 10.1.